The zero-order valence-electron chi connectivity index (χ0n) is 14.8. The Morgan fingerprint density at radius 2 is 1.88 bits per heavy atom. The van der Waals surface area contributed by atoms with Gasteiger partial charge in [0, 0.05) is 12.8 Å². The van der Waals surface area contributed by atoms with Crippen LogP contribution in [0, 0.1) is 5.92 Å². The summed E-state index contributed by atoms with van der Waals surface area (Å²) >= 11 is 2.84. The number of carbonyl (C=O) groups is 1. The fourth-order valence-corrected chi connectivity index (χ4v) is 6.30. The monoisotopic (exact) mass is 389 g/mol. The number of hydrogen-bond acceptors (Lipinski definition) is 4. The van der Waals surface area contributed by atoms with E-state index >= 15 is 0 Å². The first-order chi connectivity index (χ1) is 12.6. The minimum absolute atomic E-state index is 0.122. The maximum atomic E-state index is 13.3. The number of amides is 1. The molecule has 3 saturated heterocycles. The second kappa shape index (κ2) is 6.93. The van der Waals surface area contributed by atoms with Gasteiger partial charge in [-0.25, -0.2) is 0 Å². The summed E-state index contributed by atoms with van der Waals surface area (Å²) in [6, 6.07) is 7.56. The van der Waals surface area contributed by atoms with Crippen LogP contribution in [0.25, 0.3) is 0 Å². The van der Waals surface area contributed by atoms with Crippen LogP contribution in [-0.2, 0) is 10.4 Å². The van der Waals surface area contributed by atoms with Crippen molar-refractivity contribution in [1.29, 1.82) is 0 Å². The lowest BCUT2D eigenvalue weighted by Gasteiger charge is -2.52. The van der Waals surface area contributed by atoms with Crippen molar-refractivity contribution in [3.8, 4) is 0 Å². The van der Waals surface area contributed by atoms with Crippen molar-refractivity contribution in [2.75, 3.05) is 26.2 Å². The van der Waals surface area contributed by atoms with Crippen LogP contribution in [0.1, 0.15) is 22.6 Å². The van der Waals surface area contributed by atoms with Gasteiger partial charge in [-0.1, -0.05) is 18.7 Å². The highest BCUT2D eigenvalue weighted by Crippen LogP contribution is 2.38. The first-order valence-electron chi connectivity index (χ1n) is 9.15. The molecule has 3 fully saturated rings. The van der Waals surface area contributed by atoms with Crippen molar-refractivity contribution >= 4 is 28.6 Å². The van der Waals surface area contributed by atoms with Crippen LogP contribution in [0.15, 0.2) is 47.7 Å². The maximum absolute atomic E-state index is 13.3. The lowest BCUT2D eigenvalue weighted by Crippen LogP contribution is -2.68. The predicted octanol–water partition coefficient (Wildman–Crippen LogP) is 2.96. The molecule has 0 radical (unpaired) electrons. The van der Waals surface area contributed by atoms with Crippen LogP contribution in [0.4, 0.5) is 0 Å². The lowest BCUT2D eigenvalue weighted by molar-refractivity contribution is -0.938. The molecule has 5 rings (SSSR count). The van der Waals surface area contributed by atoms with Gasteiger partial charge in [0.05, 0.1) is 42.0 Å². The van der Waals surface area contributed by atoms with Crippen LogP contribution in [0.5, 0.6) is 0 Å². The third-order valence-electron chi connectivity index (χ3n) is 6.02. The molecular weight excluding hydrogens is 364 g/mol. The highest BCUT2D eigenvalue weighted by atomic mass is 32.1. The summed E-state index contributed by atoms with van der Waals surface area (Å²) in [4.78, 5) is 14.6. The summed E-state index contributed by atoms with van der Waals surface area (Å²) < 4.78 is 1.02. The molecule has 4 nitrogen and oxygen atoms in total. The molecule has 3 aliphatic heterocycles. The van der Waals surface area contributed by atoms with Crippen LogP contribution in [0.3, 0.4) is 0 Å². The molecular formula is C20H25N2O2S2+. The van der Waals surface area contributed by atoms with Gasteiger partial charge in [-0.15, -0.1) is 22.7 Å². The van der Waals surface area contributed by atoms with E-state index in [2.05, 4.69) is 11.9 Å². The summed E-state index contributed by atoms with van der Waals surface area (Å²) in [6.45, 7) is 8.15. The van der Waals surface area contributed by atoms with Crippen LogP contribution in [0.2, 0.25) is 0 Å². The highest BCUT2D eigenvalue weighted by molar-refractivity contribution is 7.12. The minimum Gasteiger partial charge on any atom is -0.371 e. The molecule has 0 spiro atoms. The summed E-state index contributed by atoms with van der Waals surface area (Å²) in [6.07, 6.45) is 4.27. The average Bonchev–Trinajstić information content (AvgIpc) is 3.36. The Bertz CT molecular complexity index is 728. The van der Waals surface area contributed by atoms with Crippen molar-refractivity contribution in [1.82, 2.24) is 5.32 Å². The number of quaternary nitrogens is 1. The number of hydrogen-bond donors (Lipinski definition) is 2. The van der Waals surface area contributed by atoms with Gasteiger partial charge in [0.2, 0.25) is 5.60 Å². The Balaban J connectivity index is 1.59. The van der Waals surface area contributed by atoms with Gasteiger partial charge in [0.15, 0.2) is 0 Å². The fourth-order valence-electron chi connectivity index (χ4n) is 4.57. The van der Waals surface area contributed by atoms with Crippen molar-refractivity contribution in [3.63, 3.8) is 0 Å². The standard InChI is InChI=1S/C20H24N2O2S2/c1-2-9-22-10-7-15(8-11-22)16(14-22)21-19(23)20(24,17-5-3-12-25-17)18-6-4-13-26-18/h2-6,12-13,15-16,24H,1,7-11,14H2/p+1/t15?,16-,22?/m0/s1. The van der Waals surface area contributed by atoms with Gasteiger partial charge in [-0.05, 0) is 34.9 Å². The van der Waals surface area contributed by atoms with Crippen LogP contribution >= 0.6 is 22.7 Å². The quantitative estimate of drug-likeness (QED) is 0.589. The molecule has 0 unspecified atom stereocenters. The van der Waals surface area contributed by atoms with Gasteiger partial charge in [0.25, 0.3) is 5.91 Å². The van der Waals surface area contributed by atoms with Gasteiger partial charge in [-0.2, -0.15) is 0 Å². The first kappa shape index (κ1) is 17.9. The SMILES string of the molecule is C=CC[N+]12CCC(CC1)[C@@H](NC(=O)C(O)(c1cccs1)c1cccs1)C2. The second-order valence-electron chi connectivity index (χ2n) is 7.53. The molecule has 2 N–H and O–H groups in total. The Labute approximate surface area is 162 Å². The molecule has 26 heavy (non-hydrogen) atoms. The van der Waals surface area contributed by atoms with Gasteiger partial charge in [-0.3, -0.25) is 4.79 Å². The van der Waals surface area contributed by atoms with E-state index in [0.29, 0.717) is 15.7 Å². The second-order valence-corrected chi connectivity index (χ2v) is 9.42. The lowest BCUT2D eigenvalue weighted by atomic mass is 9.81. The Morgan fingerprint density at radius 3 is 2.38 bits per heavy atom. The number of fused-ring (bicyclic) bond motifs is 3. The van der Waals surface area contributed by atoms with Crippen LogP contribution in [-0.4, -0.2) is 47.7 Å². The Morgan fingerprint density at radius 1 is 1.27 bits per heavy atom. The molecule has 6 heteroatoms. The van der Waals surface area contributed by atoms with Crippen LogP contribution < -0.4 is 5.32 Å². The average molecular weight is 390 g/mol. The van der Waals surface area contributed by atoms with E-state index in [1.807, 2.05) is 41.1 Å². The van der Waals surface area contributed by atoms with Crippen molar-refractivity contribution in [3.05, 3.63) is 57.4 Å². The zero-order chi connectivity index (χ0) is 18.2. The summed E-state index contributed by atoms with van der Waals surface area (Å²) in [5.41, 5.74) is -1.60. The molecule has 1 amide bonds. The van der Waals surface area contributed by atoms with Crippen molar-refractivity contribution in [2.45, 2.75) is 24.5 Å². The number of nitrogens with one attached hydrogen (secondary N) is 1. The highest BCUT2D eigenvalue weighted by Gasteiger charge is 2.49. The Hall–Kier alpha value is -1.47. The molecule has 0 saturated carbocycles. The van der Waals surface area contributed by atoms with E-state index in [-0.39, 0.29) is 11.9 Å². The van der Waals surface area contributed by atoms with Crippen molar-refractivity contribution in [2.24, 2.45) is 5.92 Å². The third-order valence-corrected chi connectivity index (χ3v) is 7.98. The van der Waals surface area contributed by atoms with E-state index in [1.165, 1.54) is 35.8 Å². The number of rotatable bonds is 6. The summed E-state index contributed by atoms with van der Waals surface area (Å²) in [5.74, 6) is 0.220. The predicted molar refractivity (Wildman–Crippen MR) is 106 cm³/mol. The number of carbonyl (C=O) groups excluding carboxylic acids is 1. The van der Waals surface area contributed by atoms with E-state index in [4.69, 9.17) is 0 Å². The fraction of sp³-hybridized carbons (Fsp3) is 0.450. The van der Waals surface area contributed by atoms with Gasteiger partial charge >= 0.3 is 0 Å². The van der Waals surface area contributed by atoms with E-state index < -0.39 is 5.60 Å². The molecule has 2 aromatic rings. The number of nitrogens with zero attached hydrogens (tertiary/aromatic N) is 1. The molecule has 3 aliphatic rings. The smallest absolute Gasteiger partial charge is 0.263 e. The number of aliphatic hydroxyl groups is 1. The summed E-state index contributed by atoms with van der Waals surface area (Å²) in [7, 11) is 0. The first-order valence-corrected chi connectivity index (χ1v) is 10.9. The third kappa shape index (κ3) is 2.95. The summed E-state index contributed by atoms with van der Waals surface area (Å²) in [5, 5.41) is 18.5. The molecule has 138 valence electrons. The van der Waals surface area contributed by atoms with Gasteiger partial charge in [0.1, 0.15) is 0 Å². The van der Waals surface area contributed by atoms with E-state index in [0.717, 1.165) is 30.4 Å². The molecule has 1 atom stereocenters. The van der Waals surface area contributed by atoms with Gasteiger partial charge < -0.3 is 14.9 Å². The number of thiophene rings is 2. The molecule has 2 aromatic heterocycles. The number of piperidine rings is 3. The largest absolute Gasteiger partial charge is 0.371 e. The van der Waals surface area contributed by atoms with E-state index in [9.17, 15) is 9.90 Å². The normalized spacial score (nSPS) is 28.0. The van der Waals surface area contributed by atoms with E-state index in [1.54, 1.807) is 0 Å². The maximum Gasteiger partial charge on any atom is 0.263 e. The molecule has 0 aliphatic carbocycles. The molecule has 0 aromatic carbocycles. The Kier molecular flexibility index (Phi) is 4.77. The molecule has 5 heterocycles. The van der Waals surface area contributed by atoms with Crippen molar-refractivity contribution < 1.29 is 14.4 Å². The molecule has 2 bridgehead atoms. The topological polar surface area (TPSA) is 49.3 Å². The minimum atomic E-state index is -1.60. The zero-order valence-corrected chi connectivity index (χ0v) is 16.4.